The van der Waals surface area contributed by atoms with E-state index in [2.05, 4.69) is 11.4 Å². The number of aryl methyl sites for hydroxylation is 1. The maximum atomic E-state index is 12.1. The smallest absolute Gasteiger partial charge is 0.249 e. The molecule has 1 aliphatic carbocycles. The number of nitrogens with zero attached hydrogens (tertiary/aromatic N) is 1. The molecule has 6 heteroatoms. The first kappa shape index (κ1) is 16.1. The van der Waals surface area contributed by atoms with E-state index in [1.165, 1.54) is 22.3 Å². The van der Waals surface area contributed by atoms with Gasteiger partial charge in [-0.05, 0) is 48.6 Å². The number of rotatable bonds is 3. The molecule has 2 aromatic rings. The zero-order valence-corrected chi connectivity index (χ0v) is 14.4. The molecular weight excluding hydrogens is 351 g/mol. The van der Waals surface area contributed by atoms with Gasteiger partial charge in [0.05, 0.1) is 15.6 Å². The Morgan fingerprint density at radius 3 is 2.87 bits per heavy atom. The van der Waals surface area contributed by atoms with Crippen LogP contribution >= 0.6 is 34.5 Å². The topological polar surface area (TPSA) is 52.9 Å². The summed E-state index contributed by atoms with van der Waals surface area (Å²) in [4.78, 5) is 13.3. The maximum absolute atomic E-state index is 12.1. The van der Waals surface area contributed by atoms with Crippen LogP contribution in [-0.4, -0.2) is 5.91 Å². The number of benzene rings is 1. The normalized spacial score (nSPS) is 13.1. The Morgan fingerprint density at radius 1 is 1.30 bits per heavy atom. The molecule has 23 heavy (non-hydrogen) atoms. The third-order valence-electron chi connectivity index (χ3n) is 3.64. The van der Waals surface area contributed by atoms with Crippen molar-refractivity contribution in [1.29, 1.82) is 5.26 Å². The first-order valence-electron chi connectivity index (χ1n) is 7.07. The number of halogens is 2. The number of fused-ring (bicyclic) bond motifs is 1. The highest BCUT2D eigenvalue weighted by Gasteiger charge is 2.22. The summed E-state index contributed by atoms with van der Waals surface area (Å²) in [5, 5.41) is 13.7. The van der Waals surface area contributed by atoms with Crippen LogP contribution in [-0.2, 0) is 17.6 Å². The van der Waals surface area contributed by atoms with Crippen LogP contribution in [0.4, 0.5) is 5.00 Å². The van der Waals surface area contributed by atoms with E-state index in [0.717, 1.165) is 30.4 Å². The van der Waals surface area contributed by atoms with E-state index in [0.29, 0.717) is 20.6 Å². The predicted molar refractivity (Wildman–Crippen MR) is 95.2 cm³/mol. The van der Waals surface area contributed by atoms with Crippen LogP contribution in [0.1, 0.15) is 28.0 Å². The van der Waals surface area contributed by atoms with Crippen molar-refractivity contribution < 1.29 is 4.79 Å². The standard InChI is InChI=1S/C17H12Cl2N2OS/c18-13-6-4-10(8-14(13)19)5-7-16(22)21-17-12(9-20)11-2-1-3-15(11)23-17/h4-8H,1-3H2,(H,21,22). The fraction of sp³-hybridized carbons (Fsp3) is 0.176. The van der Waals surface area contributed by atoms with Crippen molar-refractivity contribution >= 4 is 51.5 Å². The third-order valence-corrected chi connectivity index (χ3v) is 5.59. The molecule has 116 valence electrons. The van der Waals surface area contributed by atoms with Gasteiger partial charge in [0.15, 0.2) is 0 Å². The number of nitriles is 1. The van der Waals surface area contributed by atoms with Gasteiger partial charge in [-0.3, -0.25) is 4.79 Å². The molecule has 1 heterocycles. The summed E-state index contributed by atoms with van der Waals surface area (Å²) >= 11 is 13.3. The van der Waals surface area contributed by atoms with Crippen molar-refractivity contribution in [2.75, 3.05) is 5.32 Å². The molecule has 0 aliphatic heterocycles. The lowest BCUT2D eigenvalue weighted by atomic mass is 10.1. The van der Waals surface area contributed by atoms with E-state index < -0.39 is 0 Å². The van der Waals surface area contributed by atoms with Gasteiger partial charge >= 0.3 is 0 Å². The molecule has 0 bridgehead atoms. The van der Waals surface area contributed by atoms with E-state index >= 15 is 0 Å². The highest BCUT2D eigenvalue weighted by molar-refractivity contribution is 7.16. The Labute approximate surface area is 148 Å². The first-order valence-corrected chi connectivity index (χ1v) is 8.64. The largest absolute Gasteiger partial charge is 0.313 e. The molecule has 1 amide bonds. The first-order chi connectivity index (χ1) is 11.1. The Bertz CT molecular complexity index is 849. The molecule has 0 spiro atoms. The van der Waals surface area contributed by atoms with E-state index in [1.807, 2.05) is 0 Å². The van der Waals surface area contributed by atoms with Crippen molar-refractivity contribution in [3.05, 3.63) is 55.9 Å². The van der Waals surface area contributed by atoms with Gasteiger partial charge in [0.1, 0.15) is 11.1 Å². The van der Waals surface area contributed by atoms with E-state index in [9.17, 15) is 10.1 Å². The van der Waals surface area contributed by atoms with Gasteiger partial charge in [-0.15, -0.1) is 11.3 Å². The van der Waals surface area contributed by atoms with Crippen LogP contribution in [0.3, 0.4) is 0 Å². The molecule has 3 rings (SSSR count). The van der Waals surface area contributed by atoms with Gasteiger partial charge < -0.3 is 5.32 Å². The fourth-order valence-corrected chi connectivity index (χ4v) is 4.10. The number of anilines is 1. The number of carbonyl (C=O) groups excluding carboxylic acids is 1. The van der Waals surface area contributed by atoms with Crippen molar-refractivity contribution in [3.8, 4) is 6.07 Å². The number of thiophene rings is 1. The summed E-state index contributed by atoms with van der Waals surface area (Å²) in [6.45, 7) is 0. The van der Waals surface area contributed by atoms with Crippen molar-refractivity contribution in [3.63, 3.8) is 0 Å². The number of hydrogen-bond donors (Lipinski definition) is 1. The quantitative estimate of drug-likeness (QED) is 0.775. The van der Waals surface area contributed by atoms with Gasteiger partial charge in [-0.1, -0.05) is 29.3 Å². The minimum Gasteiger partial charge on any atom is -0.313 e. The molecule has 0 saturated carbocycles. The number of amides is 1. The van der Waals surface area contributed by atoms with Crippen LogP contribution in [0.2, 0.25) is 10.0 Å². The summed E-state index contributed by atoms with van der Waals surface area (Å²) in [6.07, 6.45) is 6.07. The molecule has 1 aromatic heterocycles. The molecule has 0 saturated heterocycles. The molecule has 0 fully saturated rings. The van der Waals surface area contributed by atoms with Crippen LogP contribution in [0.25, 0.3) is 6.08 Å². The fourth-order valence-electron chi connectivity index (χ4n) is 2.55. The van der Waals surface area contributed by atoms with E-state index in [4.69, 9.17) is 23.2 Å². The number of carbonyl (C=O) groups is 1. The molecule has 1 N–H and O–H groups in total. The average Bonchev–Trinajstić information content (AvgIpc) is 3.09. The van der Waals surface area contributed by atoms with Gasteiger partial charge in [-0.25, -0.2) is 0 Å². The highest BCUT2D eigenvalue weighted by atomic mass is 35.5. The molecule has 1 aliphatic rings. The second-order valence-electron chi connectivity index (χ2n) is 5.17. The lowest BCUT2D eigenvalue weighted by Crippen LogP contribution is -2.07. The lowest BCUT2D eigenvalue weighted by Gasteiger charge is -2.01. The van der Waals surface area contributed by atoms with Crippen LogP contribution < -0.4 is 5.32 Å². The highest BCUT2D eigenvalue weighted by Crippen LogP contribution is 2.38. The predicted octanol–water partition coefficient (Wildman–Crippen LogP) is 5.07. The van der Waals surface area contributed by atoms with Gasteiger partial charge in [-0.2, -0.15) is 5.26 Å². The van der Waals surface area contributed by atoms with Crippen molar-refractivity contribution in [1.82, 2.24) is 0 Å². The SMILES string of the molecule is N#Cc1c(NC(=O)C=Cc2ccc(Cl)c(Cl)c2)sc2c1CCC2. The molecular formula is C17H12Cl2N2OS. The summed E-state index contributed by atoms with van der Waals surface area (Å²) in [7, 11) is 0. The Kier molecular flexibility index (Phi) is 4.72. The Morgan fingerprint density at radius 2 is 2.13 bits per heavy atom. The van der Waals surface area contributed by atoms with Gasteiger partial charge in [0, 0.05) is 11.0 Å². The number of hydrogen-bond acceptors (Lipinski definition) is 3. The summed E-state index contributed by atoms with van der Waals surface area (Å²) < 4.78 is 0. The lowest BCUT2D eigenvalue weighted by molar-refractivity contribution is -0.111. The molecule has 0 radical (unpaired) electrons. The zero-order chi connectivity index (χ0) is 16.4. The van der Waals surface area contributed by atoms with Gasteiger partial charge in [0.25, 0.3) is 0 Å². The molecule has 1 aromatic carbocycles. The van der Waals surface area contributed by atoms with Crippen LogP contribution in [0.15, 0.2) is 24.3 Å². The van der Waals surface area contributed by atoms with E-state index in [1.54, 1.807) is 24.3 Å². The minimum absolute atomic E-state index is 0.271. The number of nitrogens with one attached hydrogen (secondary N) is 1. The monoisotopic (exact) mass is 362 g/mol. The molecule has 0 atom stereocenters. The minimum atomic E-state index is -0.271. The van der Waals surface area contributed by atoms with Crippen molar-refractivity contribution in [2.24, 2.45) is 0 Å². The summed E-state index contributed by atoms with van der Waals surface area (Å²) in [6, 6.07) is 7.35. The summed E-state index contributed by atoms with van der Waals surface area (Å²) in [5.74, 6) is -0.271. The van der Waals surface area contributed by atoms with Crippen LogP contribution in [0.5, 0.6) is 0 Å². The van der Waals surface area contributed by atoms with Crippen LogP contribution in [0, 0.1) is 11.3 Å². The van der Waals surface area contributed by atoms with Crippen molar-refractivity contribution in [2.45, 2.75) is 19.3 Å². The molecule has 0 unspecified atom stereocenters. The average molecular weight is 363 g/mol. The van der Waals surface area contributed by atoms with E-state index in [-0.39, 0.29) is 5.91 Å². The zero-order valence-electron chi connectivity index (χ0n) is 12.0. The maximum Gasteiger partial charge on any atom is 0.249 e. The second kappa shape index (κ2) is 6.76. The summed E-state index contributed by atoms with van der Waals surface area (Å²) in [5.41, 5.74) is 2.49. The third kappa shape index (κ3) is 3.42. The molecule has 3 nitrogen and oxygen atoms in total. The van der Waals surface area contributed by atoms with Gasteiger partial charge in [0.2, 0.25) is 5.91 Å². The Hall–Kier alpha value is -1.80. The second-order valence-corrected chi connectivity index (χ2v) is 7.09. The Balaban J connectivity index is 1.74.